The number of fused-ring (bicyclic) bond motifs is 7. The van der Waals surface area contributed by atoms with Gasteiger partial charge in [0.1, 0.15) is 5.75 Å². The summed E-state index contributed by atoms with van der Waals surface area (Å²) >= 11 is 6.43. The van der Waals surface area contributed by atoms with Gasteiger partial charge in [0.15, 0.2) is 0 Å². The second-order valence-corrected chi connectivity index (χ2v) is 15.9. The number of carbonyl (C=O) groups is 1. The van der Waals surface area contributed by atoms with Crippen molar-refractivity contribution in [3.05, 3.63) is 58.1 Å². The van der Waals surface area contributed by atoms with E-state index in [1.165, 1.54) is 11.1 Å². The van der Waals surface area contributed by atoms with Crippen LogP contribution in [0.5, 0.6) is 5.75 Å². The van der Waals surface area contributed by atoms with E-state index >= 15 is 0 Å². The van der Waals surface area contributed by atoms with Crippen molar-refractivity contribution in [2.75, 3.05) is 37.0 Å². The summed E-state index contributed by atoms with van der Waals surface area (Å²) in [4.78, 5) is 15.8. The smallest absolute Gasteiger partial charge is 0.262 e. The fourth-order valence-corrected chi connectivity index (χ4v) is 9.14. The highest BCUT2D eigenvalue weighted by Crippen LogP contribution is 2.48. The van der Waals surface area contributed by atoms with Crippen molar-refractivity contribution in [1.29, 1.82) is 0 Å². The number of hydrogen-bond acceptors (Lipinski definition) is 6. The van der Waals surface area contributed by atoms with Gasteiger partial charge in [-0.3, -0.25) is 9.52 Å². The normalized spacial score (nSPS) is 36.5. The molecule has 0 radical (unpaired) electrons. The Labute approximate surface area is 254 Å². The lowest BCUT2D eigenvalue weighted by Gasteiger charge is -2.48. The number of nitrogens with zero attached hydrogens (tertiary/aromatic N) is 1. The molecule has 1 amide bonds. The predicted octanol–water partition coefficient (Wildman–Crippen LogP) is 5.17. The van der Waals surface area contributed by atoms with E-state index < -0.39 is 9.71 Å². The average Bonchev–Trinajstić information content (AvgIpc) is 3.07. The molecule has 4 bridgehead atoms. The standard InChI is InChI=1S/C33H41ClN2O5S/c1-21-14-26-17-31(41-21)27-8-5-24(27)18-36-19-33(11-3-4-22-15-25(34)7-9-28(22)33)20-40-30-10-6-23(16-29(30)36)32(37)35-42(2,38)13-12-39-26/h6-7,9-10,15-16,21,24,26-27,31H,2-5,8,11-14,17-20H2,1H3,(H,35,37,38)/t21-,24+,26-,27-,31+,33+,42?/m1/s1. The SMILES string of the molecule is C=S1(=O)CCO[C@@H]2C[C@@H](C)O[C@@H](C2)[C@@H]2CC[C@H]2CN2C[C@@]3(CCCc4cc(Cl)ccc43)COc3ccc(cc32)C(=O)N1. The van der Waals surface area contributed by atoms with Crippen LogP contribution in [0.15, 0.2) is 36.4 Å². The van der Waals surface area contributed by atoms with Crippen molar-refractivity contribution in [2.45, 2.75) is 75.6 Å². The van der Waals surface area contributed by atoms with E-state index in [0.29, 0.717) is 30.6 Å². The predicted molar refractivity (Wildman–Crippen MR) is 167 cm³/mol. The molecule has 1 N–H and O–H groups in total. The van der Waals surface area contributed by atoms with Gasteiger partial charge in [0.05, 0.1) is 43.0 Å². The van der Waals surface area contributed by atoms with Crippen molar-refractivity contribution in [2.24, 2.45) is 11.8 Å². The zero-order valence-corrected chi connectivity index (χ0v) is 25.9. The number of benzene rings is 2. The summed E-state index contributed by atoms with van der Waals surface area (Å²) < 4.78 is 35.3. The topological polar surface area (TPSA) is 77.1 Å². The van der Waals surface area contributed by atoms with Crippen molar-refractivity contribution in [1.82, 2.24) is 4.72 Å². The Bertz CT molecular complexity index is 1480. The molecule has 5 aliphatic rings. The number of nitrogens with one attached hydrogen (secondary N) is 1. The molecule has 7 rings (SSSR count). The van der Waals surface area contributed by atoms with Gasteiger partial charge in [-0.05, 0) is 105 Å². The van der Waals surface area contributed by atoms with Crippen LogP contribution in [0.2, 0.25) is 5.02 Å². The molecule has 2 fully saturated rings. The molecule has 2 aromatic carbocycles. The maximum Gasteiger partial charge on any atom is 0.262 e. The summed E-state index contributed by atoms with van der Waals surface area (Å²) in [6.07, 6.45) is 7.40. The minimum atomic E-state index is -2.87. The van der Waals surface area contributed by atoms with Crippen molar-refractivity contribution in [3.8, 4) is 5.75 Å². The molecule has 1 saturated carbocycles. The molecule has 9 heteroatoms. The maximum absolute atomic E-state index is 13.4. The Kier molecular flexibility index (Phi) is 7.48. The molecule has 3 heterocycles. The molecule has 3 aliphatic heterocycles. The molecule has 1 spiro atoms. The molecule has 42 heavy (non-hydrogen) atoms. The van der Waals surface area contributed by atoms with Crippen molar-refractivity contribution < 1.29 is 23.2 Å². The van der Waals surface area contributed by atoms with Crippen LogP contribution < -0.4 is 14.4 Å². The lowest BCUT2D eigenvalue weighted by molar-refractivity contribution is -0.146. The molecular weight excluding hydrogens is 572 g/mol. The zero-order chi connectivity index (χ0) is 29.1. The van der Waals surface area contributed by atoms with Crippen LogP contribution in [0.4, 0.5) is 5.69 Å². The van der Waals surface area contributed by atoms with E-state index in [2.05, 4.69) is 34.5 Å². The third-order valence-electron chi connectivity index (χ3n) is 10.3. The van der Waals surface area contributed by atoms with Gasteiger partial charge in [0.2, 0.25) is 0 Å². The van der Waals surface area contributed by atoms with Gasteiger partial charge in [-0.2, -0.15) is 0 Å². The van der Waals surface area contributed by atoms with Crippen LogP contribution in [0.25, 0.3) is 0 Å². The van der Waals surface area contributed by atoms with Crippen molar-refractivity contribution in [3.63, 3.8) is 0 Å². The highest BCUT2D eigenvalue weighted by atomic mass is 35.5. The van der Waals surface area contributed by atoms with Crippen LogP contribution in [0.3, 0.4) is 0 Å². The number of hydrogen-bond donors (Lipinski definition) is 1. The molecule has 1 unspecified atom stereocenters. The monoisotopic (exact) mass is 612 g/mol. The van der Waals surface area contributed by atoms with Gasteiger partial charge in [-0.1, -0.05) is 17.7 Å². The number of rotatable bonds is 0. The van der Waals surface area contributed by atoms with E-state index in [1.807, 2.05) is 18.2 Å². The molecule has 1 saturated heterocycles. The van der Waals surface area contributed by atoms with Crippen LogP contribution in [-0.4, -0.2) is 66.4 Å². The molecule has 7 atom stereocenters. The van der Waals surface area contributed by atoms with Gasteiger partial charge in [-0.15, -0.1) is 0 Å². The number of anilines is 1. The van der Waals surface area contributed by atoms with Crippen LogP contribution >= 0.6 is 11.6 Å². The number of halogens is 1. The molecule has 2 aromatic rings. The third-order valence-corrected chi connectivity index (χ3v) is 11.9. The minimum Gasteiger partial charge on any atom is -0.490 e. The molecular formula is C33H41ClN2O5S. The fourth-order valence-electron chi connectivity index (χ4n) is 8.02. The Morgan fingerprint density at radius 2 is 2.05 bits per heavy atom. The number of carbonyl (C=O) groups excluding carboxylic acids is 1. The first-order chi connectivity index (χ1) is 20.2. The quantitative estimate of drug-likeness (QED) is 0.414. The van der Waals surface area contributed by atoms with Crippen LogP contribution in [0, 0.1) is 11.8 Å². The lowest BCUT2D eigenvalue weighted by atomic mass is 9.67. The Balaban J connectivity index is 1.29. The van der Waals surface area contributed by atoms with Crippen LogP contribution in [0.1, 0.15) is 66.9 Å². The minimum absolute atomic E-state index is 0.0542. The van der Waals surface area contributed by atoms with Gasteiger partial charge in [0.25, 0.3) is 5.91 Å². The maximum atomic E-state index is 13.4. The summed E-state index contributed by atoms with van der Waals surface area (Å²) in [5, 5.41) is 0.771. The highest BCUT2D eigenvalue weighted by molar-refractivity contribution is 7.99. The number of amides is 1. The van der Waals surface area contributed by atoms with Crippen LogP contribution in [-0.2, 0) is 31.0 Å². The Morgan fingerprint density at radius 3 is 2.88 bits per heavy atom. The van der Waals surface area contributed by atoms with Gasteiger partial charge in [-0.25, -0.2) is 4.21 Å². The van der Waals surface area contributed by atoms with Crippen molar-refractivity contribution >= 4 is 38.8 Å². The molecule has 7 nitrogen and oxygen atoms in total. The molecule has 2 aliphatic carbocycles. The van der Waals surface area contributed by atoms with Gasteiger partial charge in [0, 0.05) is 45.2 Å². The first kappa shape index (κ1) is 28.5. The number of ether oxygens (including phenoxy) is 3. The Morgan fingerprint density at radius 1 is 1.17 bits per heavy atom. The molecule has 0 aromatic heterocycles. The number of aryl methyl sites for hydroxylation is 1. The summed E-state index contributed by atoms with van der Waals surface area (Å²) in [6, 6.07) is 11.9. The first-order valence-electron chi connectivity index (χ1n) is 15.4. The summed E-state index contributed by atoms with van der Waals surface area (Å²) in [5.74, 6) is 5.36. The lowest BCUT2D eigenvalue weighted by Crippen LogP contribution is -2.51. The summed E-state index contributed by atoms with van der Waals surface area (Å²) in [6.45, 7) is 4.64. The second-order valence-electron chi connectivity index (χ2n) is 13.2. The molecule has 226 valence electrons. The van der Waals surface area contributed by atoms with Gasteiger partial charge < -0.3 is 19.1 Å². The van der Waals surface area contributed by atoms with Gasteiger partial charge >= 0.3 is 0 Å². The van der Waals surface area contributed by atoms with E-state index in [9.17, 15) is 9.00 Å². The van der Waals surface area contributed by atoms with E-state index in [4.69, 9.17) is 25.8 Å². The van der Waals surface area contributed by atoms with E-state index in [-0.39, 0.29) is 35.4 Å². The fraction of sp³-hybridized carbons (Fsp3) is 0.576. The van der Waals surface area contributed by atoms with E-state index in [1.54, 1.807) is 6.07 Å². The highest BCUT2D eigenvalue weighted by Gasteiger charge is 2.46. The van der Waals surface area contributed by atoms with E-state index in [0.717, 1.165) is 74.5 Å². The average molecular weight is 613 g/mol. The zero-order valence-electron chi connectivity index (χ0n) is 24.3. The summed E-state index contributed by atoms with van der Waals surface area (Å²) in [5.41, 5.74) is 3.82. The first-order valence-corrected chi connectivity index (χ1v) is 17.7. The third kappa shape index (κ3) is 5.44. The second kappa shape index (κ2) is 11.0. The summed E-state index contributed by atoms with van der Waals surface area (Å²) in [7, 11) is -2.87. The Hall–Kier alpha value is -2.26. The largest absolute Gasteiger partial charge is 0.490 e.